The molecule has 0 unspecified atom stereocenters. The lowest BCUT2D eigenvalue weighted by atomic mass is 10.2. The van der Waals surface area contributed by atoms with Crippen LogP contribution in [0, 0.1) is 0 Å². The average Bonchev–Trinajstić information content (AvgIpc) is 3.22. The number of benzene rings is 3. The van der Waals surface area contributed by atoms with Crippen molar-refractivity contribution >= 4 is 28.6 Å². The number of rotatable bonds is 8. The van der Waals surface area contributed by atoms with Crippen molar-refractivity contribution in [2.45, 2.75) is 0 Å². The Balaban J connectivity index is 1.51. The van der Waals surface area contributed by atoms with Gasteiger partial charge in [-0.1, -0.05) is 30.3 Å². The molecule has 39 heavy (non-hydrogen) atoms. The van der Waals surface area contributed by atoms with E-state index in [1.165, 1.54) is 21.5 Å². The first kappa shape index (κ1) is 25.4. The number of imidazole rings is 1. The van der Waals surface area contributed by atoms with E-state index in [-0.39, 0.29) is 17.4 Å². The van der Waals surface area contributed by atoms with E-state index < -0.39 is 0 Å². The van der Waals surface area contributed by atoms with Gasteiger partial charge in [0, 0.05) is 18.3 Å². The zero-order valence-electron chi connectivity index (χ0n) is 21.5. The topological polar surface area (TPSA) is 120 Å². The predicted molar refractivity (Wildman–Crippen MR) is 152 cm³/mol. The Morgan fingerprint density at radius 2 is 1.69 bits per heavy atom. The third-order valence-corrected chi connectivity index (χ3v) is 5.83. The Hall–Kier alpha value is -5.22. The van der Waals surface area contributed by atoms with Crippen LogP contribution in [0.3, 0.4) is 0 Å². The van der Waals surface area contributed by atoms with Crippen molar-refractivity contribution in [3.8, 4) is 22.9 Å². The molecule has 196 valence electrons. The average molecular weight is 522 g/mol. The van der Waals surface area contributed by atoms with Gasteiger partial charge >= 0.3 is 5.69 Å². The van der Waals surface area contributed by atoms with Gasteiger partial charge < -0.3 is 20.7 Å². The van der Waals surface area contributed by atoms with Crippen LogP contribution in [0.25, 0.3) is 22.5 Å². The second kappa shape index (κ2) is 11.0. The number of anilines is 2. The van der Waals surface area contributed by atoms with Crippen LogP contribution in [0.15, 0.2) is 102 Å². The van der Waals surface area contributed by atoms with Crippen LogP contribution in [0.5, 0.6) is 11.5 Å². The van der Waals surface area contributed by atoms with Crippen LogP contribution >= 0.6 is 0 Å². The first-order chi connectivity index (χ1) is 18.9. The quantitative estimate of drug-likeness (QED) is 0.296. The maximum atomic E-state index is 13.8. The smallest absolute Gasteiger partial charge is 0.339 e. The normalized spacial score (nSPS) is 11.4. The summed E-state index contributed by atoms with van der Waals surface area (Å²) >= 11 is 0. The second-order valence-corrected chi connectivity index (χ2v) is 9.00. The van der Waals surface area contributed by atoms with E-state index in [4.69, 9.17) is 10.5 Å². The molecule has 3 N–H and O–H groups in total. The number of nitrogens with zero attached hydrogens (tertiary/aromatic N) is 5. The van der Waals surface area contributed by atoms with Crippen LogP contribution in [0.1, 0.15) is 0 Å². The highest BCUT2D eigenvalue weighted by Gasteiger charge is 2.20. The van der Waals surface area contributed by atoms with Crippen molar-refractivity contribution in [3.63, 3.8) is 0 Å². The zero-order chi connectivity index (χ0) is 27.4. The summed E-state index contributed by atoms with van der Waals surface area (Å²) in [6.07, 6.45) is 4.56. The highest BCUT2D eigenvalue weighted by atomic mass is 16.5. The van der Waals surface area contributed by atoms with Gasteiger partial charge in [0.05, 0.1) is 11.4 Å². The zero-order valence-corrected chi connectivity index (χ0v) is 21.5. The number of ether oxygens (including phenoxy) is 1. The highest BCUT2D eigenvalue weighted by molar-refractivity contribution is 5.99. The lowest BCUT2D eigenvalue weighted by Crippen LogP contribution is -2.22. The van der Waals surface area contributed by atoms with E-state index in [1.54, 1.807) is 54.6 Å². The number of carbonyl (C=O) groups is 1. The van der Waals surface area contributed by atoms with Gasteiger partial charge in [-0.2, -0.15) is 0 Å². The minimum atomic E-state index is -0.386. The van der Waals surface area contributed by atoms with Crippen molar-refractivity contribution in [3.05, 3.63) is 108 Å². The number of carbonyl (C=O) groups excluding carboxylic acids is 1. The Bertz CT molecular complexity index is 1710. The fraction of sp³-hybridized carbons (Fsp3) is 0.103. The summed E-state index contributed by atoms with van der Waals surface area (Å²) in [5, 5.41) is 2.83. The molecule has 0 aliphatic rings. The summed E-state index contributed by atoms with van der Waals surface area (Å²) in [5.41, 5.74) is 8.18. The molecule has 0 spiro atoms. The lowest BCUT2D eigenvalue weighted by molar-refractivity contribution is -0.111. The summed E-state index contributed by atoms with van der Waals surface area (Å²) in [7, 11) is 3.84. The van der Waals surface area contributed by atoms with Crippen LogP contribution in [-0.4, -0.2) is 50.5 Å². The monoisotopic (exact) mass is 521 g/mol. The van der Waals surface area contributed by atoms with Crippen LogP contribution in [-0.2, 0) is 4.79 Å². The van der Waals surface area contributed by atoms with Gasteiger partial charge in [0.15, 0.2) is 11.5 Å². The number of hydrogen-bond acceptors (Lipinski definition) is 7. The molecule has 0 aliphatic carbocycles. The number of hydrogen-bond donors (Lipinski definition) is 2. The van der Waals surface area contributed by atoms with Crippen LogP contribution in [0.2, 0.25) is 0 Å². The molecule has 0 saturated carbocycles. The fourth-order valence-corrected chi connectivity index (χ4v) is 4.08. The molecule has 5 rings (SSSR count). The molecule has 0 fully saturated rings. The summed E-state index contributed by atoms with van der Waals surface area (Å²) in [5.74, 6) is 1.22. The number of para-hydroxylation sites is 1. The Morgan fingerprint density at radius 1 is 0.949 bits per heavy atom. The van der Waals surface area contributed by atoms with Gasteiger partial charge in [0.1, 0.15) is 23.3 Å². The molecule has 10 heteroatoms. The van der Waals surface area contributed by atoms with Crippen molar-refractivity contribution in [2.24, 2.45) is 0 Å². The molecule has 5 aromatic rings. The van der Waals surface area contributed by atoms with Crippen molar-refractivity contribution in [1.82, 2.24) is 24.0 Å². The van der Waals surface area contributed by atoms with Gasteiger partial charge in [0.2, 0.25) is 5.91 Å². The van der Waals surface area contributed by atoms with Crippen LogP contribution in [0.4, 0.5) is 11.5 Å². The van der Waals surface area contributed by atoms with Crippen molar-refractivity contribution in [2.75, 3.05) is 31.7 Å². The number of amides is 1. The van der Waals surface area contributed by atoms with E-state index in [0.717, 1.165) is 0 Å². The molecule has 1 amide bonds. The summed E-state index contributed by atoms with van der Waals surface area (Å²) in [4.78, 5) is 36.6. The minimum absolute atomic E-state index is 0.163. The largest absolute Gasteiger partial charge is 0.457 e. The molecule has 0 radical (unpaired) electrons. The van der Waals surface area contributed by atoms with Crippen LogP contribution < -0.4 is 21.5 Å². The first-order valence-corrected chi connectivity index (χ1v) is 12.2. The van der Waals surface area contributed by atoms with E-state index >= 15 is 0 Å². The first-order valence-electron chi connectivity index (χ1n) is 12.2. The standard InChI is InChI=1S/C29H27N7O3/c1-34(2)17-7-12-25(37)33-20-8-6-9-22(18-20)36-28-26(27(30)31-19-32-28)35(29(36)38)21-13-15-24(16-14-21)39-23-10-4-3-5-11-23/h3-16,18-19H,17H2,1-2H3,(H,33,37)(H2,30,31,32)/b12-7+. The van der Waals surface area contributed by atoms with Crippen molar-refractivity contribution < 1.29 is 9.53 Å². The van der Waals surface area contributed by atoms with E-state index in [1.807, 2.05) is 49.3 Å². The number of nitrogens with two attached hydrogens (primary N) is 1. The lowest BCUT2D eigenvalue weighted by Gasteiger charge is -2.08. The maximum Gasteiger partial charge on any atom is 0.339 e. The molecule has 0 aliphatic heterocycles. The third kappa shape index (κ3) is 5.55. The highest BCUT2D eigenvalue weighted by Crippen LogP contribution is 2.26. The van der Waals surface area contributed by atoms with Gasteiger partial charge in [-0.05, 0) is 68.7 Å². The Labute approximate surface area is 224 Å². The summed E-state index contributed by atoms with van der Waals surface area (Å²) in [6, 6.07) is 23.5. The molecule has 3 aromatic carbocycles. The molecule has 0 atom stereocenters. The number of aromatic nitrogens is 4. The van der Waals surface area contributed by atoms with Gasteiger partial charge in [-0.15, -0.1) is 0 Å². The number of fused-ring (bicyclic) bond motifs is 1. The number of nitrogen functional groups attached to an aromatic ring is 1. The van der Waals surface area contributed by atoms with E-state index in [9.17, 15) is 9.59 Å². The van der Waals surface area contributed by atoms with Gasteiger partial charge in [-0.25, -0.2) is 19.3 Å². The molecular weight excluding hydrogens is 494 g/mol. The maximum absolute atomic E-state index is 13.8. The van der Waals surface area contributed by atoms with Gasteiger partial charge in [0.25, 0.3) is 0 Å². The Kier molecular flexibility index (Phi) is 7.19. The predicted octanol–water partition coefficient (Wildman–Crippen LogP) is 4.00. The van der Waals surface area contributed by atoms with Gasteiger partial charge in [-0.3, -0.25) is 9.36 Å². The molecule has 0 bridgehead atoms. The fourth-order valence-electron chi connectivity index (χ4n) is 4.08. The number of likely N-dealkylation sites (N-methyl/N-ethyl adjacent to an activating group) is 1. The summed E-state index contributed by atoms with van der Waals surface area (Å²) in [6.45, 7) is 0.642. The summed E-state index contributed by atoms with van der Waals surface area (Å²) < 4.78 is 8.79. The molecule has 2 aromatic heterocycles. The molecule has 0 saturated heterocycles. The Morgan fingerprint density at radius 3 is 2.44 bits per heavy atom. The van der Waals surface area contributed by atoms with Crippen molar-refractivity contribution in [1.29, 1.82) is 0 Å². The SMILES string of the molecule is CN(C)C/C=C/C(=O)Nc1cccc(-n2c(=O)n(-c3ccc(Oc4ccccc4)cc3)c3c(N)ncnc32)c1. The molecule has 2 heterocycles. The van der Waals surface area contributed by atoms with E-state index in [2.05, 4.69) is 15.3 Å². The second-order valence-electron chi connectivity index (χ2n) is 9.00. The third-order valence-electron chi connectivity index (χ3n) is 5.83. The number of nitrogens with one attached hydrogen (secondary N) is 1. The molecular formula is C29H27N7O3. The minimum Gasteiger partial charge on any atom is -0.457 e. The van der Waals surface area contributed by atoms with E-state index in [0.29, 0.717) is 46.3 Å². The molecule has 10 nitrogen and oxygen atoms in total.